The highest BCUT2D eigenvalue weighted by atomic mass is 16.1. The Labute approximate surface area is 128 Å². The second kappa shape index (κ2) is 7.71. The van der Waals surface area contributed by atoms with Crippen molar-refractivity contribution in [3.63, 3.8) is 0 Å². The van der Waals surface area contributed by atoms with Crippen LogP contribution >= 0.6 is 0 Å². The molecule has 0 atom stereocenters. The standard InChI is InChI=1S/C18H28N2O/c1-15(2)11-18-12-16(14-21)5-6-17(18)13-20-8-4-7-19(3)9-10-20/h5-6,12,14-15H,4,7-11,13H2,1-3H3. The fourth-order valence-corrected chi connectivity index (χ4v) is 3.00. The van der Waals surface area contributed by atoms with Crippen LogP contribution in [-0.2, 0) is 13.0 Å². The molecule has 0 spiro atoms. The molecule has 1 aromatic rings. The maximum atomic E-state index is 11.0. The fourth-order valence-electron chi connectivity index (χ4n) is 3.00. The van der Waals surface area contributed by atoms with Crippen LogP contribution in [0.1, 0.15) is 41.8 Å². The van der Waals surface area contributed by atoms with E-state index in [2.05, 4.69) is 42.8 Å². The first-order valence-electron chi connectivity index (χ1n) is 8.06. The minimum atomic E-state index is 0.612. The normalized spacial score (nSPS) is 17.9. The van der Waals surface area contributed by atoms with Crippen molar-refractivity contribution in [3.8, 4) is 0 Å². The van der Waals surface area contributed by atoms with Crippen LogP contribution in [-0.4, -0.2) is 49.3 Å². The van der Waals surface area contributed by atoms with Crippen molar-refractivity contribution in [2.45, 2.75) is 33.2 Å². The third kappa shape index (κ3) is 4.94. The average molecular weight is 288 g/mol. The molecular formula is C18H28N2O. The third-order valence-corrected chi connectivity index (χ3v) is 4.20. The predicted molar refractivity (Wildman–Crippen MR) is 87.8 cm³/mol. The zero-order chi connectivity index (χ0) is 15.2. The first kappa shape index (κ1) is 16.2. The Bertz CT molecular complexity index is 470. The molecule has 1 aliphatic heterocycles. The lowest BCUT2D eigenvalue weighted by molar-refractivity contribution is 0.112. The number of nitrogens with zero attached hydrogens (tertiary/aromatic N) is 2. The first-order valence-corrected chi connectivity index (χ1v) is 8.06. The lowest BCUT2D eigenvalue weighted by atomic mass is 9.96. The fraction of sp³-hybridized carbons (Fsp3) is 0.611. The molecule has 2 rings (SSSR count). The molecule has 1 heterocycles. The van der Waals surface area contributed by atoms with Gasteiger partial charge in [-0.3, -0.25) is 9.69 Å². The summed E-state index contributed by atoms with van der Waals surface area (Å²) in [5, 5.41) is 0. The predicted octanol–water partition coefficient (Wildman–Crippen LogP) is 2.84. The summed E-state index contributed by atoms with van der Waals surface area (Å²) in [5.41, 5.74) is 3.52. The highest BCUT2D eigenvalue weighted by molar-refractivity contribution is 5.75. The number of rotatable bonds is 5. The Balaban J connectivity index is 2.12. The van der Waals surface area contributed by atoms with E-state index in [1.165, 1.54) is 30.6 Å². The molecule has 0 radical (unpaired) electrons. The first-order chi connectivity index (χ1) is 10.1. The quantitative estimate of drug-likeness (QED) is 0.778. The molecule has 1 fully saturated rings. The summed E-state index contributed by atoms with van der Waals surface area (Å²) in [4.78, 5) is 16.0. The van der Waals surface area contributed by atoms with Crippen LogP contribution in [0.5, 0.6) is 0 Å². The smallest absolute Gasteiger partial charge is 0.150 e. The van der Waals surface area contributed by atoms with Crippen LogP contribution in [0, 0.1) is 5.92 Å². The zero-order valence-corrected chi connectivity index (χ0v) is 13.6. The van der Waals surface area contributed by atoms with E-state index in [1.54, 1.807) is 0 Å². The Hall–Kier alpha value is -1.19. The largest absolute Gasteiger partial charge is 0.305 e. The maximum absolute atomic E-state index is 11.0. The number of carbonyl (C=O) groups is 1. The minimum Gasteiger partial charge on any atom is -0.305 e. The van der Waals surface area contributed by atoms with Gasteiger partial charge in [0.25, 0.3) is 0 Å². The van der Waals surface area contributed by atoms with E-state index in [4.69, 9.17) is 0 Å². The van der Waals surface area contributed by atoms with Gasteiger partial charge in [0.15, 0.2) is 0 Å². The van der Waals surface area contributed by atoms with Gasteiger partial charge in [0.2, 0.25) is 0 Å². The van der Waals surface area contributed by atoms with E-state index in [9.17, 15) is 4.79 Å². The maximum Gasteiger partial charge on any atom is 0.150 e. The van der Waals surface area contributed by atoms with E-state index >= 15 is 0 Å². The van der Waals surface area contributed by atoms with Crippen LogP contribution in [0.25, 0.3) is 0 Å². The summed E-state index contributed by atoms with van der Waals surface area (Å²) < 4.78 is 0. The van der Waals surface area contributed by atoms with Crippen molar-refractivity contribution in [1.82, 2.24) is 9.80 Å². The molecule has 0 bridgehead atoms. The van der Waals surface area contributed by atoms with Gasteiger partial charge in [0.05, 0.1) is 0 Å². The Morgan fingerprint density at radius 3 is 2.67 bits per heavy atom. The van der Waals surface area contributed by atoms with Crippen LogP contribution in [0.3, 0.4) is 0 Å². The topological polar surface area (TPSA) is 23.6 Å². The van der Waals surface area contributed by atoms with Gasteiger partial charge in [-0.2, -0.15) is 0 Å². The molecule has 0 unspecified atom stereocenters. The monoisotopic (exact) mass is 288 g/mol. The number of hydrogen-bond acceptors (Lipinski definition) is 3. The molecule has 116 valence electrons. The molecule has 0 amide bonds. The molecule has 0 N–H and O–H groups in total. The molecule has 1 saturated heterocycles. The molecule has 3 nitrogen and oxygen atoms in total. The highest BCUT2D eigenvalue weighted by Gasteiger charge is 2.14. The van der Waals surface area contributed by atoms with Crippen molar-refractivity contribution in [1.29, 1.82) is 0 Å². The Morgan fingerprint density at radius 2 is 1.95 bits per heavy atom. The van der Waals surface area contributed by atoms with Gasteiger partial charge >= 0.3 is 0 Å². The van der Waals surface area contributed by atoms with Gasteiger partial charge in [-0.1, -0.05) is 26.0 Å². The van der Waals surface area contributed by atoms with Gasteiger partial charge < -0.3 is 4.90 Å². The number of benzene rings is 1. The molecular weight excluding hydrogens is 260 g/mol. The summed E-state index contributed by atoms with van der Waals surface area (Å²) in [6.07, 6.45) is 3.24. The van der Waals surface area contributed by atoms with E-state index < -0.39 is 0 Å². The minimum absolute atomic E-state index is 0.612. The average Bonchev–Trinajstić information content (AvgIpc) is 2.65. The summed E-state index contributed by atoms with van der Waals surface area (Å²) >= 11 is 0. The van der Waals surface area contributed by atoms with E-state index in [1.807, 2.05) is 6.07 Å². The molecule has 1 aliphatic rings. The van der Waals surface area contributed by atoms with Crippen molar-refractivity contribution in [2.75, 3.05) is 33.2 Å². The summed E-state index contributed by atoms with van der Waals surface area (Å²) in [5.74, 6) is 0.612. The molecule has 3 heteroatoms. The van der Waals surface area contributed by atoms with Crippen LogP contribution in [0.2, 0.25) is 0 Å². The Kier molecular flexibility index (Phi) is 5.95. The summed E-state index contributed by atoms with van der Waals surface area (Å²) in [7, 11) is 2.20. The van der Waals surface area contributed by atoms with Crippen LogP contribution in [0.4, 0.5) is 0 Å². The van der Waals surface area contributed by atoms with Crippen molar-refractivity contribution >= 4 is 6.29 Å². The molecule has 0 saturated carbocycles. The second-order valence-corrected chi connectivity index (χ2v) is 6.68. The molecule has 21 heavy (non-hydrogen) atoms. The zero-order valence-electron chi connectivity index (χ0n) is 13.6. The lowest BCUT2D eigenvalue weighted by Crippen LogP contribution is -2.29. The third-order valence-electron chi connectivity index (χ3n) is 4.20. The SMILES string of the molecule is CC(C)Cc1cc(C=O)ccc1CN1CCCN(C)CC1. The van der Waals surface area contributed by atoms with Gasteiger partial charge in [0, 0.05) is 25.2 Å². The lowest BCUT2D eigenvalue weighted by Gasteiger charge is -2.22. The van der Waals surface area contributed by atoms with Gasteiger partial charge in [-0.25, -0.2) is 0 Å². The van der Waals surface area contributed by atoms with Gasteiger partial charge in [0.1, 0.15) is 6.29 Å². The number of hydrogen-bond donors (Lipinski definition) is 0. The number of aldehydes is 1. The molecule has 1 aromatic carbocycles. The van der Waals surface area contributed by atoms with Crippen LogP contribution in [0.15, 0.2) is 18.2 Å². The molecule has 0 aromatic heterocycles. The summed E-state index contributed by atoms with van der Waals surface area (Å²) in [6, 6.07) is 6.18. The number of likely N-dealkylation sites (N-methyl/N-ethyl adjacent to an activating group) is 1. The van der Waals surface area contributed by atoms with Crippen LogP contribution < -0.4 is 0 Å². The van der Waals surface area contributed by atoms with E-state index in [-0.39, 0.29) is 0 Å². The summed E-state index contributed by atoms with van der Waals surface area (Å²) in [6.45, 7) is 10.1. The second-order valence-electron chi connectivity index (χ2n) is 6.68. The van der Waals surface area contributed by atoms with Gasteiger partial charge in [-0.05, 0) is 56.1 Å². The van der Waals surface area contributed by atoms with Gasteiger partial charge in [-0.15, -0.1) is 0 Å². The number of carbonyl (C=O) groups excluding carboxylic acids is 1. The van der Waals surface area contributed by atoms with Crippen molar-refractivity contribution in [2.24, 2.45) is 5.92 Å². The van der Waals surface area contributed by atoms with E-state index in [0.717, 1.165) is 37.9 Å². The molecule has 0 aliphatic carbocycles. The van der Waals surface area contributed by atoms with Crippen molar-refractivity contribution in [3.05, 3.63) is 34.9 Å². The highest BCUT2D eigenvalue weighted by Crippen LogP contribution is 2.18. The Morgan fingerprint density at radius 1 is 1.14 bits per heavy atom. The van der Waals surface area contributed by atoms with Crippen molar-refractivity contribution < 1.29 is 4.79 Å². The van der Waals surface area contributed by atoms with E-state index in [0.29, 0.717) is 5.92 Å².